The van der Waals surface area contributed by atoms with Gasteiger partial charge in [0.1, 0.15) is 0 Å². The van der Waals surface area contributed by atoms with E-state index < -0.39 is 55.8 Å². The third-order valence-electron chi connectivity index (χ3n) is 15.3. The van der Waals surface area contributed by atoms with Crippen LogP contribution in [0.2, 0.25) is 0 Å². The Morgan fingerprint density at radius 2 is 1.12 bits per heavy atom. The quantitative estimate of drug-likeness (QED) is 0.119. The van der Waals surface area contributed by atoms with E-state index >= 15 is 0 Å². The molecule has 0 aromatic carbocycles. The second-order valence-corrected chi connectivity index (χ2v) is 24.6. The van der Waals surface area contributed by atoms with Crippen molar-refractivity contribution in [2.45, 2.75) is 139 Å². The normalized spacial score (nSPS) is 50.7. The summed E-state index contributed by atoms with van der Waals surface area (Å²) in [6.07, 6.45) is 11.6. The molecule has 11 nitrogen and oxygen atoms in total. The molecule has 13 fully saturated rings. The molecule has 0 aromatic heterocycles. The second kappa shape index (κ2) is 11.7. The predicted octanol–water partition coefficient (Wildman–Crippen LogP) is 1.79. The van der Waals surface area contributed by atoms with Crippen LogP contribution in [0.15, 0.2) is 0 Å². The minimum Gasteiger partial charge on any atom is -0.0475 e. The molecule has 0 radical (unpaired) electrons. The maximum atomic E-state index is 14.3. The molecule has 0 aromatic rings. The van der Waals surface area contributed by atoms with Gasteiger partial charge in [-0.15, -0.1) is 0 Å². The van der Waals surface area contributed by atoms with Crippen molar-refractivity contribution < 1.29 is 81.0 Å². The number of carbonyl (C=O) groups is 3. The van der Waals surface area contributed by atoms with Crippen LogP contribution >= 0.6 is 0 Å². The topological polar surface area (TPSA) is 152 Å². The van der Waals surface area contributed by atoms with E-state index in [9.17, 15) is 31.6 Å². The fourth-order valence-electron chi connectivity index (χ4n) is 14.1. The zero-order valence-electron chi connectivity index (χ0n) is 29.2. The van der Waals surface area contributed by atoms with Crippen LogP contribution in [-0.4, -0.2) is 80.8 Å². The zero-order valence-corrected chi connectivity index (χ0v) is 32.1. The summed E-state index contributed by atoms with van der Waals surface area (Å²) in [5.74, 6) is -2.30. The van der Waals surface area contributed by atoms with Crippen molar-refractivity contribution in [2.75, 3.05) is 13.2 Å². The van der Waals surface area contributed by atoms with E-state index in [0.717, 1.165) is 38.5 Å². The van der Waals surface area contributed by atoms with Crippen molar-refractivity contribution in [2.24, 2.45) is 52.3 Å². The Bertz CT molecular complexity index is 1510. The SMILES string of the molecule is O=C(OCC1OC2(OC1COC(=O)C13CC4CC(C1)[I-][C@@H](C4)C3)C1CC3CC2CC(OC(=O)C(F)(F)S(=O)(=O)O)(C3)C1)C12CC3CC(CC(C3)C1)C2. The van der Waals surface area contributed by atoms with E-state index in [0.29, 0.717) is 50.8 Å². The molecule has 52 heavy (non-hydrogen) atoms. The molecular weight excluding hydrogens is 817 g/mol. The molecule has 1 N–H and O–H groups in total. The Hall–Kier alpha value is -1.17. The van der Waals surface area contributed by atoms with Gasteiger partial charge >= 0.3 is 220 Å². The Morgan fingerprint density at radius 3 is 1.58 bits per heavy atom. The first-order chi connectivity index (χ1) is 24.6. The third-order valence-corrected chi connectivity index (χ3v) is 20.1. The molecule has 1 spiro atoms. The maximum absolute atomic E-state index is 14.3. The van der Waals surface area contributed by atoms with Gasteiger partial charge in [0.25, 0.3) is 0 Å². The molecule has 3 heterocycles. The van der Waals surface area contributed by atoms with Gasteiger partial charge in [-0.3, -0.25) is 4.55 Å². The van der Waals surface area contributed by atoms with Crippen LogP contribution in [0.3, 0.4) is 0 Å². The molecule has 15 heteroatoms. The first-order valence-corrected chi connectivity index (χ1v) is 23.4. The first kappa shape index (κ1) is 35.3. The molecule has 13 rings (SSSR count). The zero-order chi connectivity index (χ0) is 36.1. The summed E-state index contributed by atoms with van der Waals surface area (Å²) in [5.41, 5.74) is -2.25. The molecule has 13 aliphatic rings. The van der Waals surface area contributed by atoms with Gasteiger partial charge < -0.3 is 4.74 Å². The molecule has 8 atom stereocenters. The Labute approximate surface area is 312 Å². The number of hydrogen-bond acceptors (Lipinski definition) is 10. The van der Waals surface area contributed by atoms with Gasteiger partial charge in [-0.05, 0) is 62.7 Å². The summed E-state index contributed by atoms with van der Waals surface area (Å²) in [6, 6.07) is 0. The molecule has 3 aliphatic heterocycles. The summed E-state index contributed by atoms with van der Waals surface area (Å²) < 4.78 is 93.1. The van der Waals surface area contributed by atoms with Crippen LogP contribution < -0.4 is 21.2 Å². The Balaban J connectivity index is 0.880. The van der Waals surface area contributed by atoms with Crippen molar-refractivity contribution >= 4 is 28.0 Å². The number of alkyl halides is 4. The number of esters is 3. The van der Waals surface area contributed by atoms with E-state index in [1.54, 1.807) is 0 Å². The summed E-state index contributed by atoms with van der Waals surface area (Å²) in [4.78, 5) is 40.4. The number of carbonyl (C=O) groups excluding carboxylic acids is 3. The van der Waals surface area contributed by atoms with E-state index in [2.05, 4.69) is 0 Å². The minimum absolute atomic E-state index is 0.00520. The summed E-state index contributed by atoms with van der Waals surface area (Å²) in [7, 11) is -6.02. The molecule has 7 unspecified atom stereocenters. The Morgan fingerprint density at radius 1 is 0.673 bits per heavy atom. The van der Waals surface area contributed by atoms with Gasteiger partial charge in [0, 0.05) is 0 Å². The van der Waals surface area contributed by atoms with Crippen molar-refractivity contribution in [3.8, 4) is 0 Å². The molecule has 290 valence electrons. The number of hydrogen-bond donors (Lipinski definition) is 1. The number of halogens is 3. The standard InChI is InChI=1S/C37H48F2IO11S/c38-37(39,52(44,45)46)32(43)51-35-12-22-4-24(13-35)36(25(5-22)14-35)49-28(17-47-30(41)33-8-19-1-20(9-33)3-21(2-19)10-33)29(50-36)18-48-31(42)34-11-23-6-26(15-34)40-27(7-23)16-34/h19-29H,1-18H2,(H,44,45,46)/q-1/t19?,20?,21?,22?,23?,24?,25?,26-,27?,28?,29?,33?,34?,35?,36?/m0/s1. The van der Waals surface area contributed by atoms with Gasteiger partial charge in [-0.2, -0.15) is 17.2 Å². The Kier molecular flexibility index (Phi) is 7.92. The van der Waals surface area contributed by atoms with Crippen LogP contribution in [0.5, 0.6) is 0 Å². The van der Waals surface area contributed by atoms with Crippen LogP contribution in [0, 0.1) is 52.3 Å². The summed E-state index contributed by atoms with van der Waals surface area (Å²) >= 11 is 0.110. The van der Waals surface area contributed by atoms with E-state index in [-0.39, 0.29) is 77.0 Å². The summed E-state index contributed by atoms with van der Waals surface area (Å²) in [6.45, 7) is -0.115. The molecular formula is C37H48F2IO11S-. The van der Waals surface area contributed by atoms with Crippen LogP contribution in [0.25, 0.3) is 0 Å². The predicted molar refractivity (Wildman–Crippen MR) is 170 cm³/mol. The fraction of sp³-hybridized carbons (Fsp3) is 0.919. The molecule has 10 saturated carbocycles. The van der Waals surface area contributed by atoms with Gasteiger partial charge in [-0.25, -0.2) is 4.79 Å². The van der Waals surface area contributed by atoms with Crippen LogP contribution in [0.4, 0.5) is 8.78 Å². The monoisotopic (exact) mass is 865 g/mol. The molecule has 0 amide bonds. The average molecular weight is 866 g/mol. The van der Waals surface area contributed by atoms with Crippen molar-refractivity contribution in [3.63, 3.8) is 0 Å². The molecule has 12 bridgehead atoms. The van der Waals surface area contributed by atoms with Crippen molar-refractivity contribution in [1.82, 2.24) is 0 Å². The minimum atomic E-state index is -6.02. The fourth-order valence-corrected chi connectivity index (χ4v) is 20.1. The van der Waals surface area contributed by atoms with E-state index in [1.807, 2.05) is 0 Å². The smallest absolute Gasteiger partial charge is 0.0475 e. The van der Waals surface area contributed by atoms with Gasteiger partial charge in [0.2, 0.25) is 0 Å². The van der Waals surface area contributed by atoms with Crippen molar-refractivity contribution in [3.05, 3.63) is 0 Å². The number of rotatable bonds is 9. The van der Waals surface area contributed by atoms with Gasteiger partial charge in [0.05, 0.1) is 0 Å². The van der Waals surface area contributed by atoms with Crippen molar-refractivity contribution in [1.29, 1.82) is 0 Å². The van der Waals surface area contributed by atoms with E-state index in [1.165, 1.54) is 32.1 Å². The van der Waals surface area contributed by atoms with Gasteiger partial charge in [0.15, 0.2) is 0 Å². The van der Waals surface area contributed by atoms with Crippen LogP contribution in [-0.2, 0) is 48.2 Å². The third kappa shape index (κ3) is 5.40. The molecule has 10 aliphatic carbocycles. The first-order valence-electron chi connectivity index (χ1n) is 19.5. The van der Waals surface area contributed by atoms with E-state index in [4.69, 9.17) is 28.2 Å². The number of ether oxygens (including phenoxy) is 5. The molecule has 3 saturated heterocycles. The second-order valence-electron chi connectivity index (χ2n) is 18.9. The average Bonchev–Trinajstić information content (AvgIpc) is 3.42. The summed E-state index contributed by atoms with van der Waals surface area (Å²) in [5, 5.41) is -5.09. The van der Waals surface area contributed by atoms with Crippen LogP contribution in [0.1, 0.15) is 103 Å². The van der Waals surface area contributed by atoms with Gasteiger partial charge in [-0.1, -0.05) is 0 Å².